The maximum Gasteiger partial charge on any atom is 1.00 e. The summed E-state index contributed by atoms with van der Waals surface area (Å²) in [5.41, 5.74) is 0. The molecule has 0 fully saturated rings. The molecular weight excluding hydrogens is 389 g/mol. The molecule has 0 N–H and O–H groups in total. The quantitative estimate of drug-likeness (QED) is 0.303. The van der Waals surface area contributed by atoms with Crippen molar-refractivity contribution in [1.82, 2.24) is 0 Å². The maximum atomic E-state index is 11.9. The minimum Gasteiger partial charge on any atom is -1.00 e. The van der Waals surface area contributed by atoms with Crippen LogP contribution in [0, 0.1) is 0 Å². The average molecular weight is 404 g/mol. The van der Waals surface area contributed by atoms with Crippen LogP contribution in [0.1, 0.15) is 20.7 Å². The predicted octanol–water partition coefficient (Wildman–Crippen LogP) is -0.773. The smallest absolute Gasteiger partial charge is 1.00 e. The summed E-state index contributed by atoms with van der Waals surface area (Å²) < 4.78 is 115. The van der Waals surface area contributed by atoms with Crippen molar-refractivity contribution in [1.29, 1.82) is 0 Å². The Balaban J connectivity index is -0.00000200. The van der Waals surface area contributed by atoms with Gasteiger partial charge in [-0.05, 0) is 12.8 Å². The van der Waals surface area contributed by atoms with Gasteiger partial charge >= 0.3 is 63.7 Å². The molecule has 0 radical (unpaired) electrons. The minimum atomic E-state index is -4.85. The summed E-state index contributed by atoms with van der Waals surface area (Å²) >= 11 is 0. The molecule has 0 heterocycles. The SMILES string of the molecule is O=S(=O)(CCCCCS(=O)(=O)CC(F)(F)F)CC(F)(F)F.[H-].[K+]. The molecular formula is C9H15F6KO4S2. The van der Waals surface area contributed by atoms with Gasteiger partial charge < -0.3 is 1.43 Å². The Morgan fingerprint density at radius 1 is 0.636 bits per heavy atom. The largest absolute Gasteiger partial charge is 1.00 e. The zero-order chi connectivity index (χ0) is 16.9. The number of hydrogen-bond donors (Lipinski definition) is 0. The number of halogens is 6. The Bertz CT molecular complexity index is 481. The van der Waals surface area contributed by atoms with Crippen LogP contribution in [0.15, 0.2) is 0 Å². The van der Waals surface area contributed by atoms with Crippen LogP contribution in [-0.2, 0) is 19.7 Å². The van der Waals surface area contributed by atoms with Crippen LogP contribution in [-0.4, -0.2) is 52.2 Å². The first-order chi connectivity index (χ1) is 9.12. The van der Waals surface area contributed by atoms with Crippen molar-refractivity contribution < 1.29 is 96.0 Å². The van der Waals surface area contributed by atoms with Crippen molar-refractivity contribution in [2.75, 3.05) is 23.0 Å². The first-order valence-corrected chi connectivity index (χ1v) is 9.31. The van der Waals surface area contributed by atoms with E-state index in [9.17, 15) is 43.2 Å². The molecule has 0 aromatic carbocycles. The van der Waals surface area contributed by atoms with Crippen LogP contribution in [0.5, 0.6) is 0 Å². The molecule has 0 aromatic rings. The molecule has 0 amide bonds. The second kappa shape index (κ2) is 9.56. The van der Waals surface area contributed by atoms with Gasteiger partial charge in [0.15, 0.2) is 19.7 Å². The molecule has 0 aromatic heterocycles. The average Bonchev–Trinajstić information content (AvgIpc) is 2.07. The van der Waals surface area contributed by atoms with Crippen LogP contribution < -0.4 is 51.4 Å². The summed E-state index contributed by atoms with van der Waals surface area (Å²) in [4.78, 5) is 0. The minimum absolute atomic E-state index is 0. The zero-order valence-corrected chi connectivity index (χ0v) is 16.4. The van der Waals surface area contributed by atoms with Crippen LogP contribution >= 0.6 is 0 Å². The van der Waals surface area contributed by atoms with Gasteiger partial charge in [0, 0.05) is 0 Å². The molecule has 13 heteroatoms. The molecule has 0 aliphatic rings. The fourth-order valence-electron chi connectivity index (χ4n) is 1.46. The third-order valence-corrected chi connectivity index (χ3v) is 5.53. The van der Waals surface area contributed by atoms with Gasteiger partial charge in [0.05, 0.1) is 11.5 Å². The van der Waals surface area contributed by atoms with E-state index in [1.54, 1.807) is 0 Å². The third kappa shape index (κ3) is 16.0. The first-order valence-electron chi connectivity index (χ1n) is 5.66. The van der Waals surface area contributed by atoms with E-state index >= 15 is 0 Å². The van der Waals surface area contributed by atoms with Gasteiger partial charge in [-0.25, -0.2) is 16.8 Å². The van der Waals surface area contributed by atoms with Crippen molar-refractivity contribution in [3.63, 3.8) is 0 Å². The van der Waals surface area contributed by atoms with Crippen molar-refractivity contribution in [2.45, 2.75) is 31.6 Å². The number of hydrogen-bond acceptors (Lipinski definition) is 4. The normalized spacial score (nSPS) is 13.7. The Kier molecular flexibility index (Phi) is 11.0. The number of rotatable bonds is 8. The van der Waals surface area contributed by atoms with E-state index in [1.165, 1.54) is 0 Å². The molecule has 0 spiro atoms. The molecule has 0 bridgehead atoms. The zero-order valence-electron chi connectivity index (χ0n) is 12.7. The van der Waals surface area contributed by atoms with E-state index < -0.39 is 55.0 Å². The van der Waals surface area contributed by atoms with Crippen molar-refractivity contribution in [2.24, 2.45) is 0 Å². The summed E-state index contributed by atoms with van der Waals surface area (Å²) in [6.45, 7) is 0. The van der Waals surface area contributed by atoms with Crippen molar-refractivity contribution >= 4 is 19.7 Å². The van der Waals surface area contributed by atoms with E-state index in [4.69, 9.17) is 0 Å². The fourth-order valence-corrected chi connectivity index (χ4v) is 4.04. The standard InChI is InChI=1S/C9H14F6O4S2.K.H/c10-8(11,12)6-20(16,17)4-2-1-3-5-21(18,19)7-9(13,14)15;;/h1-7H2;;/q;+1;-1. The molecule has 0 saturated heterocycles. The molecule has 0 saturated carbocycles. The summed E-state index contributed by atoms with van der Waals surface area (Å²) in [7, 11) is -8.68. The van der Waals surface area contributed by atoms with Gasteiger partial charge in [0.2, 0.25) is 0 Å². The van der Waals surface area contributed by atoms with E-state index in [2.05, 4.69) is 0 Å². The van der Waals surface area contributed by atoms with Gasteiger partial charge in [0.1, 0.15) is 11.5 Å². The second-order valence-corrected chi connectivity index (χ2v) is 8.84. The molecule has 0 aliphatic heterocycles. The van der Waals surface area contributed by atoms with Crippen LogP contribution in [0.4, 0.5) is 26.3 Å². The molecule has 4 nitrogen and oxygen atoms in total. The summed E-state index contributed by atoms with van der Waals surface area (Å²) in [5, 5.41) is 0. The Hall–Kier alpha value is 1.12. The fraction of sp³-hybridized carbons (Fsp3) is 1.00. The summed E-state index contributed by atoms with van der Waals surface area (Å²) in [6.07, 6.45) is -10.3. The Morgan fingerprint density at radius 2 is 0.909 bits per heavy atom. The number of alkyl halides is 6. The van der Waals surface area contributed by atoms with Gasteiger partial charge in [-0.15, -0.1) is 0 Å². The number of unbranched alkanes of at least 4 members (excludes halogenated alkanes) is 2. The molecule has 0 atom stereocenters. The molecule has 130 valence electrons. The van der Waals surface area contributed by atoms with Crippen LogP contribution in [0.3, 0.4) is 0 Å². The monoisotopic (exact) mass is 404 g/mol. The first kappa shape index (κ1) is 25.4. The summed E-state index contributed by atoms with van der Waals surface area (Å²) in [5.74, 6) is -5.50. The van der Waals surface area contributed by atoms with E-state index in [1.807, 2.05) is 0 Å². The van der Waals surface area contributed by atoms with Gasteiger partial charge in [0.25, 0.3) is 0 Å². The Labute approximate surface area is 168 Å². The molecule has 0 aliphatic carbocycles. The molecule has 22 heavy (non-hydrogen) atoms. The van der Waals surface area contributed by atoms with Crippen LogP contribution in [0.25, 0.3) is 0 Å². The second-order valence-electron chi connectivity index (χ2n) is 4.48. The molecule has 0 rings (SSSR count). The molecule has 0 unspecified atom stereocenters. The van der Waals surface area contributed by atoms with E-state index in [-0.39, 0.29) is 72.1 Å². The van der Waals surface area contributed by atoms with Gasteiger partial charge in [-0.1, -0.05) is 6.42 Å². The van der Waals surface area contributed by atoms with Crippen molar-refractivity contribution in [3.05, 3.63) is 0 Å². The number of sulfone groups is 2. The van der Waals surface area contributed by atoms with Crippen LogP contribution in [0.2, 0.25) is 0 Å². The van der Waals surface area contributed by atoms with Gasteiger partial charge in [-0.3, -0.25) is 0 Å². The predicted molar refractivity (Wildman–Crippen MR) is 64.4 cm³/mol. The maximum absolute atomic E-state index is 11.9. The van der Waals surface area contributed by atoms with E-state index in [0.29, 0.717) is 0 Å². The summed E-state index contributed by atoms with van der Waals surface area (Å²) in [6, 6.07) is 0. The third-order valence-electron chi connectivity index (χ3n) is 2.18. The van der Waals surface area contributed by atoms with Crippen molar-refractivity contribution in [3.8, 4) is 0 Å². The topological polar surface area (TPSA) is 68.3 Å². The van der Waals surface area contributed by atoms with Gasteiger partial charge in [-0.2, -0.15) is 26.3 Å². The van der Waals surface area contributed by atoms with E-state index in [0.717, 1.165) is 0 Å². The Morgan fingerprint density at radius 3 is 1.14 bits per heavy atom.